The van der Waals surface area contributed by atoms with Gasteiger partial charge < -0.3 is 20.1 Å². The van der Waals surface area contributed by atoms with Crippen molar-refractivity contribution in [1.29, 1.82) is 0 Å². The highest BCUT2D eigenvalue weighted by Crippen LogP contribution is 2.37. The molecule has 1 saturated heterocycles. The predicted molar refractivity (Wildman–Crippen MR) is 103 cm³/mol. The van der Waals surface area contributed by atoms with E-state index in [0.29, 0.717) is 12.6 Å². The van der Waals surface area contributed by atoms with Gasteiger partial charge in [-0.25, -0.2) is 0 Å². The van der Waals surface area contributed by atoms with Gasteiger partial charge in [-0.05, 0) is 51.1 Å². The van der Waals surface area contributed by atoms with Crippen LogP contribution in [0.25, 0.3) is 0 Å². The fourth-order valence-corrected chi connectivity index (χ4v) is 4.70. The summed E-state index contributed by atoms with van der Waals surface area (Å²) in [6.07, 6.45) is 12.0. The van der Waals surface area contributed by atoms with E-state index in [1.807, 2.05) is 0 Å². The molecule has 2 N–H and O–H groups in total. The van der Waals surface area contributed by atoms with E-state index in [0.717, 1.165) is 51.0 Å². The highest BCUT2D eigenvalue weighted by atomic mass is 16.5. The molecule has 3 aliphatic rings. The maximum Gasteiger partial charge on any atom is 0.304 e. The minimum absolute atomic E-state index is 0.234. The average Bonchev–Trinajstić information content (AvgIpc) is 3.44. The molecule has 2 saturated carbocycles. The molecule has 0 aromatic heterocycles. The Labute approximate surface area is 158 Å². The topological polar surface area (TPSA) is 61.8 Å². The van der Waals surface area contributed by atoms with Crippen molar-refractivity contribution in [3.8, 4) is 0 Å². The van der Waals surface area contributed by atoms with Crippen LogP contribution in [0.3, 0.4) is 0 Å². The van der Waals surface area contributed by atoms with Crippen molar-refractivity contribution in [1.82, 2.24) is 10.2 Å². The van der Waals surface area contributed by atoms with Crippen LogP contribution in [0.5, 0.6) is 0 Å². The first-order valence-corrected chi connectivity index (χ1v) is 10.9. The van der Waals surface area contributed by atoms with Crippen LogP contribution in [0.15, 0.2) is 0 Å². The molecule has 0 amide bonds. The Kier molecular flexibility index (Phi) is 7.35. The minimum Gasteiger partial charge on any atom is -0.481 e. The van der Waals surface area contributed by atoms with Crippen molar-refractivity contribution in [2.24, 2.45) is 11.3 Å². The van der Waals surface area contributed by atoms with Crippen LogP contribution in [0, 0.1) is 11.3 Å². The van der Waals surface area contributed by atoms with Crippen molar-refractivity contribution in [2.45, 2.75) is 83.3 Å². The summed E-state index contributed by atoms with van der Waals surface area (Å²) < 4.78 is 6.41. The first-order chi connectivity index (χ1) is 12.6. The van der Waals surface area contributed by atoms with Crippen LogP contribution in [0.1, 0.15) is 71.1 Å². The minimum atomic E-state index is -0.691. The molecule has 0 aromatic carbocycles. The normalized spacial score (nSPS) is 29.6. The third kappa shape index (κ3) is 5.93. The lowest BCUT2D eigenvalue weighted by Crippen LogP contribution is -2.49. The smallest absolute Gasteiger partial charge is 0.304 e. The number of carboxylic acids is 1. The van der Waals surface area contributed by atoms with Crippen molar-refractivity contribution < 1.29 is 14.6 Å². The van der Waals surface area contributed by atoms with Crippen molar-refractivity contribution in [2.75, 3.05) is 32.8 Å². The summed E-state index contributed by atoms with van der Waals surface area (Å²) in [5.41, 5.74) is 0.234. The van der Waals surface area contributed by atoms with E-state index in [4.69, 9.17) is 9.84 Å². The van der Waals surface area contributed by atoms with E-state index in [-0.39, 0.29) is 11.8 Å². The molecule has 0 bridgehead atoms. The number of nitrogens with zero attached hydrogens (tertiary/aromatic N) is 1. The number of hydrogen-bond acceptors (Lipinski definition) is 4. The van der Waals surface area contributed by atoms with E-state index < -0.39 is 5.97 Å². The summed E-state index contributed by atoms with van der Waals surface area (Å²) in [5, 5.41) is 12.7. The average molecular weight is 367 g/mol. The maximum atomic E-state index is 10.8. The zero-order chi connectivity index (χ0) is 18.4. The van der Waals surface area contributed by atoms with Gasteiger partial charge in [0.15, 0.2) is 0 Å². The molecule has 5 nitrogen and oxygen atoms in total. The molecule has 3 fully saturated rings. The fourth-order valence-electron chi connectivity index (χ4n) is 4.70. The first-order valence-electron chi connectivity index (χ1n) is 10.9. The first kappa shape index (κ1) is 20.1. The number of likely N-dealkylation sites (tertiary alicyclic amines) is 1. The maximum absolute atomic E-state index is 10.8. The highest BCUT2D eigenvalue weighted by molar-refractivity contribution is 5.66. The largest absolute Gasteiger partial charge is 0.481 e. The molecular weight excluding hydrogens is 328 g/mol. The van der Waals surface area contributed by atoms with Gasteiger partial charge in [-0.15, -0.1) is 0 Å². The van der Waals surface area contributed by atoms with E-state index in [1.165, 1.54) is 44.9 Å². The van der Waals surface area contributed by atoms with Crippen LogP contribution in [-0.2, 0) is 9.53 Å². The summed E-state index contributed by atoms with van der Waals surface area (Å²) in [6.45, 7) is 6.92. The Morgan fingerprint density at radius 1 is 1.23 bits per heavy atom. The Hall–Kier alpha value is -0.650. The lowest BCUT2D eigenvalue weighted by molar-refractivity contribution is -0.137. The second kappa shape index (κ2) is 9.52. The van der Waals surface area contributed by atoms with Gasteiger partial charge in [0.25, 0.3) is 0 Å². The molecule has 3 rings (SSSR count). The second-order valence-corrected chi connectivity index (χ2v) is 8.95. The number of ether oxygens (including phenoxy) is 1. The quantitative estimate of drug-likeness (QED) is 0.621. The summed E-state index contributed by atoms with van der Waals surface area (Å²) >= 11 is 0. The Morgan fingerprint density at radius 3 is 2.58 bits per heavy atom. The monoisotopic (exact) mass is 366 g/mol. The van der Waals surface area contributed by atoms with Crippen molar-refractivity contribution in [3.05, 3.63) is 0 Å². The van der Waals surface area contributed by atoms with Crippen LogP contribution < -0.4 is 5.32 Å². The van der Waals surface area contributed by atoms with Gasteiger partial charge in [0.2, 0.25) is 0 Å². The molecule has 1 heterocycles. The zero-order valence-electron chi connectivity index (χ0n) is 16.5. The number of aliphatic carboxylic acids is 1. The highest BCUT2D eigenvalue weighted by Gasteiger charge is 2.40. The molecule has 150 valence electrons. The molecule has 0 spiro atoms. The second-order valence-electron chi connectivity index (χ2n) is 8.95. The Bertz CT molecular complexity index is 443. The predicted octanol–water partition coefficient (Wildman–Crippen LogP) is 3.28. The van der Waals surface area contributed by atoms with Gasteiger partial charge in [-0.1, -0.05) is 32.6 Å². The fraction of sp³-hybridized carbons (Fsp3) is 0.952. The number of hydrogen-bond donors (Lipinski definition) is 2. The van der Waals surface area contributed by atoms with Crippen LogP contribution in [0.2, 0.25) is 0 Å². The summed E-state index contributed by atoms with van der Waals surface area (Å²) in [4.78, 5) is 13.2. The standard InChI is InChI=1S/C21H38N2O3/c1-2-17-14-19(17)22-15-21(16-26-18-6-4-3-5-7-18)9-12-23(13-10-21)11-8-20(24)25/h17-19,22H,2-16H2,1H3,(H,24,25). The van der Waals surface area contributed by atoms with Gasteiger partial charge in [-0.2, -0.15) is 0 Å². The molecule has 26 heavy (non-hydrogen) atoms. The van der Waals surface area contributed by atoms with Gasteiger partial charge in [-0.3, -0.25) is 4.79 Å². The van der Waals surface area contributed by atoms with Crippen LogP contribution in [-0.4, -0.2) is 60.9 Å². The Balaban J connectivity index is 1.49. The number of rotatable bonds is 10. The number of carbonyl (C=O) groups is 1. The van der Waals surface area contributed by atoms with Crippen LogP contribution in [0.4, 0.5) is 0 Å². The SMILES string of the molecule is CCC1CC1NCC1(COC2CCCCC2)CCN(CCC(=O)O)CC1. The number of nitrogens with one attached hydrogen (secondary N) is 1. The molecule has 2 unspecified atom stereocenters. The van der Waals surface area contributed by atoms with Gasteiger partial charge in [0.05, 0.1) is 19.1 Å². The lowest BCUT2D eigenvalue weighted by Gasteiger charge is -2.43. The van der Waals surface area contributed by atoms with Gasteiger partial charge in [0.1, 0.15) is 0 Å². The molecule has 2 atom stereocenters. The van der Waals surface area contributed by atoms with Crippen LogP contribution >= 0.6 is 0 Å². The molecule has 1 aliphatic heterocycles. The lowest BCUT2D eigenvalue weighted by atomic mass is 9.78. The summed E-state index contributed by atoms with van der Waals surface area (Å²) in [7, 11) is 0. The van der Waals surface area contributed by atoms with E-state index in [9.17, 15) is 4.79 Å². The van der Waals surface area contributed by atoms with Crippen molar-refractivity contribution >= 4 is 5.97 Å². The summed E-state index contributed by atoms with van der Waals surface area (Å²) in [5.74, 6) is 0.186. The molecular formula is C21H38N2O3. The third-order valence-corrected chi connectivity index (χ3v) is 6.92. The van der Waals surface area contributed by atoms with E-state index in [1.54, 1.807) is 0 Å². The van der Waals surface area contributed by atoms with E-state index >= 15 is 0 Å². The molecule has 2 aliphatic carbocycles. The summed E-state index contributed by atoms with van der Waals surface area (Å²) in [6, 6.07) is 0.719. The van der Waals surface area contributed by atoms with E-state index in [2.05, 4.69) is 17.1 Å². The Morgan fingerprint density at radius 2 is 1.96 bits per heavy atom. The molecule has 5 heteroatoms. The number of piperidine rings is 1. The van der Waals surface area contributed by atoms with Gasteiger partial charge in [0, 0.05) is 24.5 Å². The van der Waals surface area contributed by atoms with Crippen molar-refractivity contribution in [3.63, 3.8) is 0 Å². The zero-order valence-corrected chi connectivity index (χ0v) is 16.5. The molecule has 0 radical (unpaired) electrons. The molecule has 0 aromatic rings. The van der Waals surface area contributed by atoms with Gasteiger partial charge >= 0.3 is 5.97 Å². The number of carboxylic acid groups (broad SMARTS) is 1. The third-order valence-electron chi connectivity index (χ3n) is 6.92.